The molecule has 4 heteroatoms. The third-order valence-electron chi connectivity index (χ3n) is 5.37. The minimum Gasteiger partial charge on any atom is -0.333 e. The average Bonchev–Trinajstić information content (AvgIpc) is 3.16. The van der Waals surface area contributed by atoms with E-state index in [4.69, 9.17) is 4.53 Å². The van der Waals surface area contributed by atoms with Crippen LogP contribution in [0.25, 0.3) is 0 Å². The molecule has 0 unspecified atom stereocenters. The predicted octanol–water partition coefficient (Wildman–Crippen LogP) is 3.16. The second kappa shape index (κ2) is 8.48. The molecule has 2 aromatic carbocycles. The molecule has 1 saturated heterocycles. The number of nitrogens with zero attached hydrogens (tertiary/aromatic N) is 1. The quantitative estimate of drug-likeness (QED) is 0.462. The Morgan fingerprint density at radius 3 is 1.85 bits per heavy atom. The highest BCUT2D eigenvalue weighted by Gasteiger charge is 2.51. The summed E-state index contributed by atoms with van der Waals surface area (Å²) in [6, 6.07) is 21.6. The van der Waals surface area contributed by atoms with Gasteiger partial charge in [0, 0.05) is 13.1 Å². The average molecular weight is 369 g/mol. The van der Waals surface area contributed by atoms with Crippen molar-refractivity contribution in [1.82, 2.24) is 10.4 Å². The molecule has 0 radical (unpaired) electrons. The third kappa shape index (κ3) is 4.09. The molecule has 1 aliphatic heterocycles. The van der Waals surface area contributed by atoms with Gasteiger partial charge in [0.1, 0.15) is 0 Å². The first kappa shape index (κ1) is 19.3. The first-order chi connectivity index (χ1) is 12.5. The van der Waals surface area contributed by atoms with Gasteiger partial charge >= 0.3 is 0 Å². The Bertz CT molecular complexity index is 624. The van der Waals surface area contributed by atoms with Crippen LogP contribution in [0.15, 0.2) is 60.7 Å². The lowest BCUT2D eigenvalue weighted by atomic mass is 10.2. The monoisotopic (exact) mass is 368 g/mol. The minimum absolute atomic E-state index is 0.0103. The SMILES string of the molecule is CC(C)(C)[Si](ONCCN1CCCC1)(c1ccccc1)c1ccccc1. The lowest BCUT2D eigenvalue weighted by molar-refractivity contribution is 0.165. The van der Waals surface area contributed by atoms with Gasteiger partial charge in [0.2, 0.25) is 0 Å². The van der Waals surface area contributed by atoms with Crippen molar-refractivity contribution in [1.29, 1.82) is 0 Å². The Hall–Kier alpha value is -1.46. The van der Waals surface area contributed by atoms with Gasteiger partial charge in [-0.25, -0.2) is 5.48 Å². The van der Waals surface area contributed by atoms with Gasteiger partial charge in [-0.15, -0.1) is 0 Å². The number of hydrogen-bond donors (Lipinski definition) is 1. The number of nitrogens with one attached hydrogen (secondary N) is 1. The Morgan fingerprint density at radius 2 is 1.38 bits per heavy atom. The number of hydrogen-bond acceptors (Lipinski definition) is 3. The smallest absolute Gasteiger partial charge is 0.287 e. The van der Waals surface area contributed by atoms with E-state index in [9.17, 15) is 0 Å². The van der Waals surface area contributed by atoms with Gasteiger partial charge in [0.15, 0.2) is 0 Å². The third-order valence-corrected chi connectivity index (χ3v) is 10.2. The maximum absolute atomic E-state index is 6.69. The standard InChI is InChI=1S/C22H32N2OSi/c1-22(2,3)26(20-12-6-4-7-13-20,21-14-8-5-9-15-21)25-23-16-19-24-17-10-11-18-24/h4-9,12-15,23H,10-11,16-19H2,1-3H3. The Kier molecular flexibility index (Phi) is 6.30. The number of likely N-dealkylation sites (tertiary alicyclic amines) is 1. The normalized spacial score (nSPS) is 16.1. The summed E-state index contributed by atoms with van der Waals surface area (Å²) >= 11 is 0. The maximum atomic E-state index is 6.69. The highest BCUT2D eigenvalue weighted by Crippen LogP contribution is 2.36. The van der Waals surface area contributed by atoms with E-state index in [2.05, 4.69) is 91.8 Å². The summed E-state index contributed by atoms with van der Waals surface area (Å²) in [5.41, 5.74) is 3.38. The Morgan fingerprint density at radius 1 is 0.885 bits per heavy atom. The van der Waals surface area contributed by atoms with Crippen molar-refractivity contribution in [3.05, 3.63) is 60.7 Å². The first-order valence-electron chi connectivity index (χ1n) is 9.78. The zero-order valence-corrected chi connectivity index (χ0v) is 17.4. The highest BCUT2D eigenvalue weighted by molar-refractivity contribution is 6.99. The van der Waals surface area contributed by atoms with Gasteiger partial charge in [-0.05, 0) is 41.3 Å². The van der Waals surface area contributed by atoms with Crippen molar-refractivity contribution < 1.29 is 4.53 Å². The van der Waals surface area contributed by atoms with Crippen LogP contribution in [0.1, 0.15) is 33.6 Å². The molecule has 0 aliphatic carbocycles. The molecule has 0 spiro atoms. The number of hydroxylamine groups is 1. The van der Waals surface area contributed by atoms with Gasteiger partial charge in [-0.2, -0.15) is 0 Å². The molecule has 0 amide bonds. The van der Waals surface area contributed by atoms with Crippen LogP contribution in [0.5, 0.6) is 0 Å². The van der Waals surface area contributed by atoms with Crippen molar-refractivity contribution in [3.8, 4) is 0 Å². The topological polar surface area (TPSA) is 24.5 Å². The molecule has 140 valence electrons. The second-order valence-corrected chi connectivity index (χ2v) is 12.4. The summed E-state index contributed by atoms with van der Waals surface area (Å²) in [5.74, 6) is 0. The highest BCUT2D eigenvalue weighted by atomic mass is 28.4. The maximum Gasteiger partial charge on any atom is 0.287 e. The summed E-state index contributed by atoms with van der Waals surface area (Å²) in [5, 5.41) is 2.64. The minimum atomic E-state index is -2.46. The van der Waals surface area contributed by atoms with Gasteiger partial charge in [0.05, 0.1) is 0 Å². The van der Waals surface area contributed by atoms with E-state index in [1.54, 1.807) is 0 Å². The van der Waals surface area contributed by atoms with Crippen LogP contribution < -0.4 is 15.9 Å². The summed E-state index contributed by atoms with van der Waals surface area (Å²) in [4.78, 5) is 2.52. The Balaban J connectivity index is 1.87. The van der Waals surface area contributed by atoms with Crippen molar-refractivity contribution in [3.63, 3.8) is 0 Å². The van der Waals surface area contributed by atoms with E-state index in [0.717, 1.165) is 13.1 Å². The zero-order valence-electron chi connectivity index (χ0n) is 16.4. The van der Waals surface area contributed by atoms with Gasteiger partial charge in [-0.1, -0.05) is 81.4 Å². The van der Waals surface area contributed by atoms with Gasteiger partial charge in [0.25, 0.3) is 8.32 Å². The van der Waals surface area contributed by atoms with E-state index in [-0.39, 0.29) is 5.04 Å². The van der Waals surface area contributed by atoms with Crippen LogP contribution in [-0.2, 0) is 4.53 Å². The summed E-state index contributed by atoms with van der Waals surface area (Å²) in [6.07, 6.45) is 2.66. The number of benzene rings is 2. The second-order valence-electron chi connectivity index (χ2n) is 8.21. The first-order valence-corrected chi connectivity index (χ1v) is 11.7. The van der Waals surface area contributed by atoms with Crippen LogP contribution in [0.2, 0.25) is 5.04 Å². The Labute approximate surface area is 159 Å². The lowest BCUT2D eigenvalue weighted by Gasteiger charge is -2.42. The van der Waals surface area contributed by atoms with E-state index in [0.29, 0.717) is 0 Å². The summed E-state index contributed by atoms with van der Waals surface area (Å²) < 4.78 is 6.69. The molecule has 0 bridgehead atoms. The van der Waals surface area contributed by atoms with Gasteiger partial charge < -0.3 is 9.43 Å². The molecular formula is C22H32N2OSi. The summed E-state index contributed by atoms with van der Waals surface area (Å²) in [6.45, 7) is 11.3. The van der Waals surface area contributed by atoms with E-state index >= 15 is 0 Å². The van der Waals surface area contributed by atoms with Crippen molar-refractivity contribution in [2.24, 2.45) is 0 Å². The molecule has 0 atom stereocenters. The fourth-order valence-electron chi connectivity index (χ4n) is 4.02. The van der Waals surface area contributed by atoms with E-state index < -0.39 is 8.32 Å². The molecule has 0 aromatic heterocycles. The molecule has 1 heterocycles. The zero-order chi connectivity index (χ0) is 18.5. The van der Waals surface area contributed by atoms with E-state index in [1.165, 1.54) is 36.3 Å². The fraction of sp³-hybridized carbons (Fsp3) is 0.455. The lowest BCUT2D eigenvalue weighted by Crippen LogP contribution is -2.68. The fourth-order valence-corrected chi connectivity index (χ4v) is 8.27. The van der Waals surface area contributed by atoms with Gasteiger partial charge in [-0.3, -0.25) is 0 Å². The molecule has 26 heavy (non-hydrogen) atoms. The predicted molar refractivity (Wildman–Crippen MR) is 112 cm³/mol. The van der Waals surface area contributed by atoms with Crippen LogP contribution in [0.4, 0.5) is 0 Å². The molecule has 2 aromatic rings. The number of rotatable bonds is 7. The largest absolute Gasteiger partial charge is 0.333 e. The van der Waals surface area contributed by atoms with Crippen molar-refractivity contribution in [2.75, 3.05) is 26.2 Å². The molecule has 3 nitrogen and oxygen atoms in total. The van der Waals surface area contributed by atoms with E-state index in [1.807, 2.05) is 0 Å². The molecule has 3 rings (SSSR count). The molecular weight excluding hydrogens is 336 g/mol. The molecule has 0 saturated carbocycles. The van der Waals surface area contributed by atoms with Crippen LogP contribution in [0.3, 0.4) is 0 Å². The van der Waals surface area contributed by atoms with Crippen molar-refractivity contribution in [2.45, 2.75) is 38.7 Å². The molecule has 1 N–H and O–H groups in total. The summed E-state index contributed by atoms with van der Waals surface area (Å²) in [7, 11) is -2.46. The van der Waals surface area contributed by atoms with Crippen LogP contribution in [-0.4, -0.2) is 39.4 Å². The van der Waals surface area contributed by atoms with Crippen LogP contribution >= 0.6 is 0 Å². The van der Waals surface area contributed by atoms with Crippen molar-refractivity contribution >= 4 is 18.7 Å². The molecule has 1 fully saturated rings. The van der Waals surface area contributed by atoms with Crippen LogP contribution in [0, 0.1) is 0 Å². The molecule has 1 aliphatic rings.